The highest BCUT2D eigenvalue weighted by Crippen LogP contribution is 2.26. The average molecular weight is 236 g/mol. The highest BCUT2D eigenvalue weighted by molar-refractivity contribution is 5.95. The number of nitrogens with zero attached hydrogens (tertiary/aromatic N) is 1. The molecule has 1 aliphatic rings. The summed E-state index contributed by atoms with van der Waals surface area (Å²) in [7, 11) is 0. The summed E-state index contributed by atoms with van der Waals surface area (Å²) in [5.41, 5.74) is 7.97. The summed E-state index contributed by atoms with van der Waals surface area (Å²) in [6.45, 7) is 4.73. The van der Waals surface area contributed by atoms with Crippen LogP contribution in [0.5, 0.6) is 0 Å². The molecule has 0 spiro atoms. The number of nitrogens with two attached hydrogens (primary N) is 1. The number of nitrogen functional groups attached to an aromatic ring is 1. The highest BCUT2D eigenvalue weighted by atomic mass is 16.5. The third kappa shape index (κ3) is 2.34. The maximum atomic E-state index is 11.1. The molecule has 1 saturated heterocycles. The molecule has 0 unspecified atom stereocenters. The van der Waals surface area contributed by atoms with Gasteiger partial charge in [0.05, 0.1) is 18.8 Å². The van der Waals surface area contributed by atoms with Crippen molar-refractivity contribution in [3.63, 3.8) is 0 Å². The van der Waals surface area contributed by atoms with Gasteiger partial charge >= 0.3 is 5.97 Å². The van der Waals surface area contributed by atoms with Gasteiger partial charge in [0.2, 0.25) is 0 Å². The Morgan fingerprint density at radius 1 is 1.41 bits per heavy atom. The molecule has 2 rings (SSSR count). The van der Waals surface area contributed by atoms with E-state index in [9.17, 15) is 4.79 Å². The third-order valence-electron chi connectivity index (χ3n) is 2.98. The zero-order valence-electron chi connectivity index (χ0n) is 9.77. The van der Waals surface area contributed by atoms with Crippen LogP contribution in [0.3, 0.4) is 0 Å². The van der Waals surface area contributed by atoms with E-state index in [1.54, 1.807) is 6.07 Å². The van der Waals surface area contributed by atoms with Crippen LogP contribution >= 0.6 is 0 Å². The second kappa shape index (κ2) is 4.63. The maximum absolute atomic E-state index is 11.1. The Labute approximate surface area is 99.8 Å². The van der Waals surface area contributed by atoms with Gasteiger partial charge in [-0.1, -0.05) is 0 Å². The molecule has 0 bridgehead atoms. The minimum atomic E-state index is -0.985. The van der Waals surface area contributed by atoms with E-state index in [0.29, 0.717) is 18.9 Å². The fraction of sp³-hybridized carbons (Fsp3) is 0.417. The number of aryl methyl sites for hydroxylation is 1. The molecule has 0 amide bonds. The lowest BCUT2D eigenvalue weighted by Gasteiger charge is -2.29. The largest absolute Gasteiger partial charge is 0.478 e. The van der Waals surface area contributed by atoms with Crippen molar-refractivity contribution in [1.29, 1.82) is 0 Å². The number of rotatable bonds is 2. The number of aromatic carboxylic acids is 1. The highest BCUT2D eigenvalue weighted by Gasteiger charge is 2.16. The van der Waals surface area contributed by atoms with Crippen LogP contribution in [0, 0.1) is 6.92 Å². The van der Waals surface area contributed by atoms with Gasteiger partial charge in [-0.25, -0.2) is 4.79 Å². The molecule has 1 heterocycles. The van der Waals surface area contributed by atoms with Gasteiger partial charge in [-0.05, 0) is 24.6 Å². The van der Waals surface area contributed by atoms with E-state index in [4.69, 9.17) is 15.6 Å². The number of hydrogen-bond acceptors (Lipinski definition) is 4. The van der Waals surface area contributed by atoms with Crippen LogP contribution in [0.2, 0.25) is 0 Å². The van der Waals surface area contributed by atoms with Crippen LogP contribution < -0.4 is 10.6 Å². The zero-order chi connectivity index (χ0) is 12.4. The Bertz CT molecular complexity index is 440. The summed E-state index contributed by atoms with van der Waals surface area (Å²) < 4.78 is 5.27. The smallest absolute Gasteiger partial charge is 0.337 e. The quantitative estimate of drug-likeness (QED) is 0.752. The first-order chi connectivity index (χ1) is 8.09. The molecule has 1 aromatic carbocycles. The summed E-state index contributed by atoms with van der Waals surface area (Å²) in [4.78, 5) is 13.2. The van der Waals surface area contributed by atoms with E-state index in [1.807, 2.05) is 13.0 Å². The van der Waals surface area contributed by atoms with Gasteiger partial charge in [-0.2, -0.15) is 0 Å². The Kier molecular flexibility index (Phi) is 3.19. The van der Waals surface area contributed by atoms with Crippen molar-refractivity contribution in [2.45, 2.75) is 6.92 Å². The van der Waals surface area contributed by atoms with Gasteiger partial charge in [-0.15, -0.1) is 0 Å². The topological polar surface area (TPSA) is 75.8 Å². The molecular formula is C12H16N2O3. The number of anilines is 2. The number of morpholine rings is 1. The zero-order valence-corrected chi connectivity index (χ0v) is 9.77. The van der Waals surface area contributed by atoms with Crippen LogP contribution in [-0.4, -0.2) is 37.4 Å². The first-order valence-electron chi connectivity index (χ1n) is 5.55. The van der Waals surface area contributed by atoms with Gasteiger partial charge in [0.25, 0.3) is 0 Å². The van der Waals surface area contributed by atoms with E-state index < -0.39 is 5.97 Å². The number of carboxylic acids is 1. The predicted octanol–water partition coefficient (Wildman–Crippen LogP) is 1.11. The lowest BCUT2D eigenvalue weighted by molar-refractivity contribution is 0.0698. The van der Waals surface area contributed by atoms with E-state index >= 15 is 0 Å². The number of carboxylic acid groups (broad SMARTS) is 1. The normalized spacial score (nSPS) is 15.9. The monoisotopic (exact) mass is 236 g/mol. The van der Waals surface area contributed by atoms with Gasteiger partial charge < -0.3 is 20.5 Å². The molecule has 17 heavy (non-hydrogen) atoms. The first kappa shape index (κ1) is 11.7. The molecule has 1 aromatic rings. The minimum absolute atomic E-state index is 0.173. The summed E-state index contributed by atoms with van der Waals surface area (Å²) in [5.74, 6) is -0.985. The predicted molar refractivity (Wildman–Crippen MR) is 65.6 cm³/mol. The fourth-order valence-electron chi connectivity index (χ4n) is 1.96. The Balaban J connectivity index is 2.37. The van der Waals surface area contributed by atoms with E-state index in [1.165, 1.54) is 0 Å². The Morgan fingerprint density at radius 2 is 2.06 bits per heavy atom. The molecule has 5 heteroatoms. The van der Waals surface area contributed by atoms with Gasteiger partial charge in [0.15, 0.2) is 0 Å². The van der Waals surface area contributed by atoms with Crippen molar-refractivity contribution in [2.75, 3.05) is 36.9 Å². The van der Waals surface area contributed by atoms with Crippen LogP contribution in [0.25, 0.3) is 0 Å². The molecule has 0 radical (unpaired) electrons. The summed E-state index contributed by atoms with van der Waals surface area (Å²) in [6.07, 6.45) is 0. The van der Waals surface area contributed by atoms with Crippen LogP contribution in [0.1, 0.15) is 15.9 Å². The molecule has 0 aliphatic carbocycles. The molecular weight excluding hydrogens is 220 g/mol. The molecule has 5 nitrogen and oxygen atoms in total. The van der Waals surface area contributed by atoms with E-state index in [0.717, 1.165) is 24.3 Å². The van der Waals surface area contributed by atoms with Crippen molar-refractivity contribution >= 4 is 17.3 Å². The van der Waals surface area contributed by atoms with E-state index in [2.05, 4.69) is 4.90 Å². The first-order valence-corrected chi connectivity index (χ1v) is 5.55. The Hall–Kier alpha value is -1.75. The van der Waals surface area contributed by atoms with Crippen LogP contribution in [-0.2, 0) is 4.74 Å². The number of hydrogen-bond donors (Lipinski definition) is 2. The fourth-order valence-corrected chi connectivity index (χ4v) is 1.96. The molecule has 0 aromatic heterocycles. The van der Waals surface area contributed by atoms with Crippen LogP contribution in [0.15, 0.2) is 12.1 Å². The average Bonchev–Trinajstić information content (AvgIpc) is 2.33. The number of carbonyl (C=O) groups is 1. The van der Waals surface area contributed by atoms with Crippen molar-refractivity contribution in [3.05, 3.63) is 23.3 Å². The van der Waals surface area contributed by atoms with Gasteiger partial charge in [0, 0.05) is 24.5 Å². The van der Waals surface area contributed by atoms with Gasteiger partial charge in [0.1, 0.15) is 0 Å². The number of ether oxygens (including phenoxy) is 1. The molecule has 3 N–H and O–H groups in total. The van der Waals surface area contributed by atoms with Crippen molar-refractivity contribution in [3.8, 4) is 0 Å². The molecule has 1 aliphatic heterocycles. The van der Waals surface area contributed by atoms with E-state index in [-0.39, 0.29) is 5.56 Å². The van der Waals surface area contributed by atoms with Crippen molar-refractivity contribution in [2.24, 2.45) is 0 Å². The standard InChI is InChI=1S/C12H16N2O3/c1-8-6-9(14-2-4-17-5-3-14)7-10(11(8)13)12(15)16/h6-7H,2-5,13H2,1H3,(H,15,16). The van der Waals surface area contributed by atoms with Crippen molar-refractivity contribution in [1.82, 2.24) is 0 Å². The Morgan fingerprint density at radius 3 is 2.65 bits per heavy atom. The summed E-state index contributed by atoms with van der Waals surface area (Å²) >= 11 is 0. The lowest BCUT2D eigenvalue weighted by atomic mass is 10.1. The second-order valence-corrected chi connectivity index (χ2v) is 4.13. The summed E-state index contributed by atoms with van der Waals surface area (Å²) in [5, 5.41) is 9.09. The second-order valence-electron chi connectivity index (χ2n) is 4.13. The van der Waals surface area contributed by atoms with Gasteiger partial charge in [-0.3, -0.25) is 0 Å². The lowest BCUT2D eigenvalue weighted by Crippen LogP contribution is -2.36. The minimum Gasteiger partial charge on any atom is -0.478 e. The SMILES string of the molecule is Cc1cc(N2CCOCC2)cc(C(=O)O)c1N. The maximum Gasteiger partial charge on any atom is 0.337 e. The molecule has 0 atom stereocenters. The number of benzene rings is 1. The van der Waals surface area contributed by atoms with Crippen LogP contribution in [0.4, 0.5) is 11.4 Å². The molecule has 0 saturated carbocycles. The third-order valence-corrected chi connectivity index (χ3v) is 2.98. The van der Waals surface area contributed by atoms with Crippen molar-refractivity contribution < 1.29 is 14.6 Å². The molecule has 92 valence electrons. The summed E-state index contributed by atoms with van der Waals surface area (Å²) in [6, 6.07) is 3.56. The molecule has 1 fully saturated rings.